The predicted molar refractivity (Wildman–Crippen MR) is 57.4 cm³/mol. The molecule has 11 heavy (non-hydrogen) atoms. The zero-order chi connectivity index (χ0) is 8.10. The summed E-state index contributed by atoms with van der Waals surface area (Å²) in [6.07, 6.45) is 3.50. The van der Waals surface area contributed by atoms with Gasteiger partial charge < -0.3 is 5.73 Å². The van der Waals surface area contributed by atoms with E-state index in [9.17, 15) is 0 Å². The van der Waals surface area contributed by atoms with E-state index < -0.39 is 0 Å². The molecular formula is C9H10IN. The highest BCUT2D eigenvalue weighted by atomic mass is 127. The van der Waals surface area contributed by atoms with E-state index in [-0.39, 0.29) is 0 Å². The van der Waals surface area contributed by atoms with Gasteiger partial charge in [0, 0.05) is 4.43 Å². The lowest BCUT2D eigenvalue weighted by atomic mass is 10.1. The molecule has 0 aromatic heterocycles. The second-order valence-electron chi connectivity index (χ2n) is 2.19. The number of hydrogen-bond donors (Lipinski definition) is 1. The van der Waals surface area contributed by atoms with Gasteiger partial charge in [0.05, 0.1) is 0 Å². The Morgan fingerprint density at radius 2 is 2.09 bits per heavy atom. The van der Waals surface area contributed by atoms with Crippen molar-refractivity contribution in [2.75, 3.05) is 0 Å². The summed E-state index contributed by atoms with van der Waals surface area (Å²) >= 11 is 2.34. The molecule has 0 fully saturated rings. The number of benzene rings is 1. The summed E-state index contributed by atoms with van der Waals surface area (Å²) in [7, 11) is 0. The van der Waals surface area contributed by atoms with Gasteiger partial charge in [-0.15, -0.1) is 0 Å². The first-order valence-corrected chi connectivity index (χ1v) is 4.93. The van der Waals surface area contributed by atoms with E-state index in [4.69, 9.17) is 5.73 Å². The Bertz CT molecular complexity index is 255. The van der Waals surface area contributed by atoms with E-state index in [1.54, 1.807) is 6.20 Å². The minimum absolute atomic E-state index is 1.03. The molecule has 0 spiro atoms. The summed E-state index contributed by atoms with van der Waals surface area (Å²) in [4.78, 5) is 0. The van der Waals surface area contributed by atoms with Crippen molar-refractivity contribution >= 4 is 28.7 Å². The predicted octanol–water partition coefficient (Wildman–Crippen LogP) is 2.55. The molecule has 0 saturated carbocycles. The van der Waals surface area contributed by atoms with Crippen LogP contribution in [-0.2, 0) is 4.43 Å². The molecule has 0 amide bonds. The zero-order valence-electron chi connectivity index (χ0n) is 6.13. The minimum Gasteiger partial charge on any atom is -0.405 e. The van der Waals surface area contributed by atoms with Crippen LogP contribution in [0.25, 0.3) is 6.08 Å². The van der Waals surface area contributed by atoms with Gasteiger partial charge >= 0.3 is 0 Å². The number of hydrogen-bond acceptors (Lipinski definition) is 1. The SMILES string of the molecule is N/C=C\c1ccccc1CI. The van der Waals surface area contributed by atoms with E-state index in [0.29, 0.717) is 0 Å². The van der Waals surface area contributed by atoms with Gasteiger partial charge in [0.2, 0.25) is 0 Å². The smallest absolute Gasteiger partial charge is 0.0253 e. The topological polar surface area (TPSA) is 26.0 Å². The number of halogens is 1. The maximum atomic E-state index is 5.30. The fraction of sp³-hybridized carbons (Fsp3) is 0.111. The Kier molecular flexibility index (Phi) is 3.42. The van der Waals surface area contributed by atoms with Crippen molar-refractivity contribution in [2.24, 2.45) is 5.73 Å². The van der Waals surface area contributed by atoms with Gasteiger partial charge in [-0.1, -0.05) is 46.9 Å². The molecule has 0 aliphatic carbocycles. The van der Waals surface area contributed by atoms with Crippen LogP contribution in [0.1, 0.15) is 11.1 Å². The molecule has 58 valence electrons. The monoisotopic (exact) mass is 259 g/mol. The molecule has 1 aromatic carbocycles. The highest BCUT2D eigenvalue weighted by Gasteiger charge is 1.93. The van der Waals surface area contributed by atoms with Gasteiger partial charge in [-0.3, -0.25) is 0 Å². The van der Waals surface area contributed by atoms with E-state index in [2.05, 4.69) is 34.7 Å². The van der Waals surface area contributed by atoms with Crippen molar-refractivity contribution in [3.05, 3.63) is 41.6 Å². The molecule has 0 aliphatic rings. The molecule has 2 heteroatoms. The molecule has 0 bridgehead atoms. The van der Waals surface area contributed by atoms with Crippen LogP contribution >= 0.6 is 22.6 Å². The first-order valence-electron chi connectivity index (χ1n) is 3.40. The second kappa shape index (κ2) is 4.38. The number of rotatable bonds is 2. The van der Waals surface area contributed by atoms with Gasteiger partial charge in [-0.2, -0.15) is 0 Å². The summed E-state index contributed by atoms with van der Waals surface area (Å²) in [5, 5.41) is 0. The van der Waals surface area contributed by atoms with Crippen molar-refractivity contribution in [3.63, 3.8) is 0 Å². The lowest BCUT2D eigenvalue weighted by molar-refractivity contribution is 1.42. The quantitative estimate of drug-likeness (QED) is 0.641. The van der Waals surface area contributed by atoms with E-state index >= 15 is 0 Å². The Labute approximate surface area is 80.4 Å². The fourth-order valence-corrected chi connectivity index (χ4v) is 1.62. The van der Waals surface area contributed by atoms with Crippen molar-refractivity contribution < 1.29 is 0 Å². The van der Waals surface area contributed by atoms with Crippen LogP contribution in [-0.4, -0.2) is 0 Å². The van der Waals surface area contributed by atoms with Crippen LogP contribution < -0.4 is 5.73 Å². The first-order chi connectivity index (χ1) is 5.38. The number of nitrogens with two attached hydrogens (primary N) is 1. The van der Waals surface area contributed by atoms with E-state index in [0.717, 1.165) is 4.43 Å². The normalized spacial score (nSPS) is 10.6. The first kappa shape index (κ1) is 8.59. The molecular weight excluding hydrogens is 249 g/mol. The van der Waals surface area contributed by atoms with Gasteiger partial charge in [-0.05, 0) is 23.4 Å². The molecule has 0 aliphatic heterocycles. The van der Waals surface area contributed by atoms with E-state index in [1.165, 1.54) is 11.1 Å². The summed E-state index contributed by atoms with van der Waals surface area (Å²) in [5.41, 5.74) is 7.84. The molecule has 0 unspecified atom stereocenters. The largest absolute Gasteiger partial charge is 0.405 e. The standard InChI is InChI=1S/C9H10IN/c10-7-9-4-2-1-3-8(9)5-6-11/h1-6H,7,11H2/b6-5-. The molecule has 0 heterocycles. The molecule has 1 aromatic rings. The summed E-state index contributed by atoms with van der Waals surface area (Å²) in [6, 6.07) is 8.24. The Hall–Kier alpha value is -0.510. The van der Waals surface area contributed by atoms with Gasteiger partial charge in [0.1, 0.15) is 0 Å². The van der Waals surface area contributed by atoms with Crippen LogP contribution in [0.4, 0.5) is 0 Å². The molecule has 0 saturated heterocycles. The zero-order valence-corrected chi connectivity index (χ0v) is 8.28. The molecule has 0 radical (unpaired) electrons. The highest BCUT2D eigenvalue weighted by molar-refractivity contribution is 14.1. The van der Waals surface area contributed by atoms with Crippen LogP contribution in [0.5, 0.6) is 0 Å². The molecule has 0 atom stereocenters. The lowest BCUT2D eigenvalue weighted by Gasteiger charge is -1.99. The van der Waals surface area contributed by atoms with Crippen LogP contribution in [0.3, 0.4) is 0 Å². The van der Waals surface area contributed by atoms with Crippen LogP contribution in [0, 0.1) is 0 Å². The van der Waals surface area contributed by atoms with Crippen LogP contribution in [0.15, 0.2) is 30.5 Å². The Balaban J connectivity index is 3.02. The molecule has 1 nitrogen and oxygen atoms in total. The number of alkyl halides is 1. The van der Waals surface area contributed by atoms with Crippen molar-refractivity contribution in [1.82, 2.24) is 0 Å². The van der Waals surface area contributed by atoms with Crippen molar-refractivity contribution in [1.29, 1.82) is 0 Å². The highest BCUT2D eigenvalue weighted by Crippen LogP contribution is 2.13. The Morgan fingerprint density at radius 3 is 2.73 bits per heavy atom. The summed E-state index contributed by atoms with van der Waals surface area (Å²) in [6.45, 7) is 0. The maximum Gasteiger partial charge on any atom is 0.0253 e. The maximum absolute atomic E-state index is 5.30. The molecule has 1 rings (SSSR count). The minimum atomic E-state index is 1.03. The third-order valence-electron chi connectivity index (χ3n) is 1.47. The van der Waals surface area contributed by atoms with Gasteiger partial charge in [-0.25, -0.2) is 0 Å². The lowest BCUT2D eigenvalue weighted by Crippen LogP contribution is -1.84. The van der Waals surface area contributed by atoms with Crippen LogP contribution in [0.2, 0.25) is 0 Å². The summed E-state index contributed by atoms with van der Waals surface area (Å²) in [5.74, 6) is 0. The third-order valence-corrected chi connectivity index (χ3v) is 2.30. The van der Waals surface area contributed by atoms with Crippen molar-refractivity contribution in [2.45, 2.75) is 4.43 Å². The Morgan fingerprint density at radius 1 is 1.36 bits per heavy atom. The second-order valence-corrected chi connectivity index (χ2v) is 2.95. The van der Waals surface area contributed by atoms with Crippen molar-refractivity contribution in [3.8, 4) is 0 Å². The van der Waals surface area contributed by atoms with E-state index in [1.807, 2.05) is 18.2 Å². The molecule has 2 N–H and O–H groups in total. The average molecular weight is 259 g/mol. The third kappa shape index (κ3) is 2.22. The summed E-state index contributed by atoms with van der Waals surface area (Å²) < 4.78 is 1.03. The average Bonchev–Trinajstić information content (AvgIpc) is 2.06. The fourth-order valence-electron chi connectivity index (χ4n) is 0.922. The van der Waals surface area contributed by atoms with Gasteiger partial charge in [0.25, 0.3) is 0 Å². The van der Waals surface area contributed by atoms with Gasteiger partial charge in [0.15, 0.2) is 0 Å².